The zero-order valence-corrected chi connectivity index (χ0v) is 11.8. The minimum Gasteiger partial charge on any atom is -0.349 e. The molecule has 0 aromatic rings. The van der Waals surface area contributed by atoms with Gasteiger partial charge in [0.05, 0.1) is 5.54 Å². The minimum atomic E-state index is -0.0807. The van der Waals surface area contributed by atoms with Crippen molar-refractivity contribution in [3.8, 4) is 0 Å². The number of rotatable bonds is 3. The summed E-state index contributed by atoms with van der Waals surface area (Å²) in [4.78, 5) is 12.4. The molecule has 0 heterocycles. The van der Waals surface area contributed by atoms with Crippen LogP contribution in [-0.4, -0.2) is 17.3 Å². The molecule has 0 saturated heterocycles. The van der Waals surface area contributed by atoms with E-state index in [0.717, 1.165) is 12.8 Å². The second-order valence-electron chi connectivity index (χ2n) is 6.60. The van der Waals surface area contributed by atoms with Gasteiger partial charge in [0.1, 0.15) is 0 Å². The molecule has 0 aromatic heterocycles. The fourth-order valence-corrected chi connectivity index (χ4v) is 4.58. The van der Waals surface area contributed by atoms with Crippen molar-refractivity contribution in [1.82, 2.24) is 5.32 Å². The van der Waals surface area contributed by atoms with E-state index in [1.807, 2.05) is 0 Å². The molecular formula is C15H24ClNO. The van der Waals surface area contributed by atoms with Gasteiger partial charge in [-0.3, -0.25) is 4.79 Å². The molecule has 0 aromatic carbocycles. The number of fused-ring (bicyclic) bond motifs is 1. The van der Waals surface area contributed by atoms with Crippen LogP contribution < -0.4 is 5.32 Å². The van der Waals surface area contributed by atoms with Crippen molar-refractivity contribution in [2.45, 2.75) is 63.3 Å². The van der Waals surface area contributed by atoms with E-state index in [0.29, 0.717) is 29.5 Å². The first-order valence-electron chi connectivity index (χ1n) is 7.64. The van der Waals surface area contributed by atoms with Crippen molar-refractivity contribution in [3.05, 3.63) is 0 Å². The Morgan fingerprint density at radius 3 is 2.22 bits per heavy atom. The number of alkyl halides is 1. The van der Waals surface area contributed by atoms with E-state index in [9.17, 15) is 4.79 Å². The lowest BCUT2D eigenvalue weighted by molar-refractivity contribution is -0.125. The lowest BCUT2D eigenvalue weighted by Gasteiger charge is -2.36. The van der Waals surface area contributed by atoms with Gasteiger partial charge in [-0.15, -0.1) is 11.6 Å². The summed E-state index contributed by atoms with van der Waals surface area (Å²) >= 11 is 6.14. The second-order valence-corrected chi connectivity index (χ2v) is 6.87. The second kappa shape index (κ2) is 5.03. The van der Waals surface area contributed by atoms with Crippen molar-refractivity contribution in [2.24, 2.45) is 17.8 Å². The molecule has 2 unspecified atom stereocenters. The van der Waals surface area contributed by atoms with E-state index in [1.165, 1.54) is 44.9 Å². The van der Waals surface area contributed by atoms with E-state index < -0.39 is 0 Å². The highest BCUT2D eigenvalue weighted by molar-refractivity contribution is 6.18. The first-order valence-corrected chi connectivity index (χ1v) is 8.17. The van der Waals surface area contributed by atoms with Crippen LogP contribution in [0, 0.1) is 17.8 Å². The zero-order chi connectivity index (χ0) is 12.6. The number of nitrogens with one attached hydrogen (secondary N) is 1. The Hall–Kier alpha value is -0.240. The van der Waals surface area contributed by atoms with Crippen LogP contribution in [0.15, 0.2) is 0 Å². The molecule has 3 fully saturated rings. The molecule has 1 N–H and O–H groups in total. The average Bonchev–Trinajstić information content (AvgIpc) is 3.14. The quantitative estimate of drug-likeness (QED) is 0.781. The number of hydrogen-bond acceptors (Lipinski definition) is 1. The largest absolute Gasteiger partial charge is 0.349 e. The van der Waals surface area contributed by atoms with Gasteiger partial charge in [-0.05, 0) is 37.5 Å². The Kier molecular flexibility index (Phi) is 3.57. The summed E-state index contributed by atoms with van der Waals surface area (Å²) in [5, 5.41) is 3.33. The van der Waals surface area contributed by atoms with Crippen LogP contribution in [-0.2, 0) is 4.79 Å². The van der Waals surface area contributed by atoms with E-state index in [-0.39, 0.29) is 5.54 Å². The smallest absolute Gasteiger partial charge is 0.224 e. The minimum absolute atomic E-state index is 0.0807. The van der Waals surface area contributed by atoms with E-state index in [1.54, 1.807) is 0 Å². The third kappa shape index (κ3) is 2.29. The molecule has 3 aliphatic rings. The predicted molar refractivity (Wildman–Crippen MR) is 73.6 cm³/mol. The van der Waals surface area contributed by atoms with Crippen LogP contribution in [0.25, 0.3) is 0 Å². The summed E-state index contributed by atoms with van der Waals surface area (Å²) in [6.45, 7) is 0. The SMILES string of the molecule is O=C(NC1(CCl)CCCCC1)C1C2CCCCC21. The van der Waals surface area contributed by atoms with Crippen LogP contribution in [0.3, 0.4) is 0 Å². The molecule has 3 heteroatoms. The highest BCUT2D eigenvalue weighted by Gasteiger charge is 2.55. The molecule has 3 rings (SSSR count). The third-order valence-electron chi connectivity index (χ3n) is 5.41. The molecule has 3 aliphatic carbocycles. The van der Waals surface area contributed by atoms with Crippen molar-refractivity contribution in [1.29, 1.82) is 0 Å². The maximum absolute atomic E-state index is 12.4. The normalized spacial score (nSPS) is 37.7. The maximum Gasteiger partial charge on any atom is 0.224 e. The van der Waals surface area contributed by atoms with Crippen LogP contribution in [0.2, 0.25) is 0 Å². The number of carbonyl (C=O) groups excluding carboxylic acids is 1. The fourth-order valence-electron chi connectivity index (χ4n) is 4.25. The van der Waals surface area contributed by atoms with E-state index >= 15 is 0 Å². The van der Waals surface area contributed by atoms with Crippen LogP contribution in [0.1, 0.15) is 57.8 Å². The van der Waals surface area contributed by atoms with Gasteiger partial charge in [0, 0.05) is 11.8 Å². The number of carbonyl (C=O) groups is 1. The highest BCUT2D eigenvalue weighted by atomic mass is 35.5. The highest BCUT2D eigenvalue weighted by Crippen LogP contribution is 2.55. The Labute approximate surface area is 115 Å². The fraction of sp³-hybridized carbons (Fsp3) is 0.933. The van der Waals surface area contributed by atoms with Crippen LogP contribution >= 0.6 is 11.6 Å². The summed E-state index contributed by atoms with van der Waals surface area (Å²) in [6.07, 6.45) is 11.1. The molecule has 1 amide bonds. The molecule has 0 spiro atoms. The standard InChI is InChI=1S/C15H24ClNO/c16-10-15(8-4-1-5-9-15)17-14(18)13-11-6-2-3-7-12(11)13/h11-13H,1-10H2,(H,17,18). The number of hydrogen-bond donors (Lipinski definition) is 1. The summed E-state index contributed by atoms with van der Waals surface area (Å²) in [5.74, 6) is 2.63. The monoisotopic (exact) mass is 269 g/mol. The molecule has 18 heavy (non-hydrogen) atoms. The first kappa shape index (κ1) is 12.8. The lowest BCUT2D eigenvalue weighted by atomic mass is 9.83. The molecule has 3 saturated carbocycles. The van der Waals surface area contributed by atoms with E-state index in [4.69, 9.17) is 11.6 Å². The summed E-state index contributed by atoms with van der Waals surface area (Å²) < 4.78 is 0. The van der Waals surface area contributed by atoms with Crippen molar-refractivity contribution in [2.75, 3.05) is 5.88 Å². The Bertz CT molecular complexity index is 312. The number of halogens is 1. The summed E-state index contributed by atoms with van der Waals surface area (Å²) in [6, 6.07) is 0. The van der Waals surface area contributed by atoms with Crippen molar-refractivity contribution < 1.29 is 4.79 Å². The van der Waals surface area contributed by atoms with Crippen LogP contribution in [0.5, 0.6) is 0 Å². The number of amides is 1. The molecule has 0 radical (unpaired) electrons. The van der Waals surface area contributed by atoms with Gasteiger partial charge in [-0.1, -0.05) is 32.1 Å². The Balaban J connectivity index is 1.60. The first-order chi connectivity index (χ1) is 8.76. The maximum atomic E-state index is 12.4. The van der Waals surface area contributed by atoms with E-state index in [2.05, 4.69) is 5.32 Å². The zero-order valence-electron chi connectivity index (χ0n) is 11.1. The van der Waals surface area contributed by atoms with Gasteiger partial charge in [-0.2, -0.15) is 0 Å². The summed E-state index contributed by atoms with van der Waals surface area (Å²) in [7, 11) is 0. The van der Waals surface area contributed by atoms with Gasteiger partial charge in [-0.25, -0.2) is 0 Å². The molecule has 2 atom stereocenters. The predicted octanol–water partition coefficient (Wildman–Crippen LogP) is 3.48. The third-order valence-corrected chi connectivity index (χ3v) is 5.93. The van der Waals surface area contributed by atoms with Gasteiger partial charge in [0.25, 0.3) is 0 Å². The molecule has 2 nitrogen and oxygen atoms in total. The van der Waals surface area contributed by atoms with Crippen LogP contribution in [0.4, 0.5) is 0 Å². The molecule has 102 valence electrons. The Morgan fingerprint density at radius 2 is 1.67 bits per heavy atom. The summed E-state index contributed by atoms with van der Waals surface area (Å²) in [5.41, 5.74) is -0.0807. The molecular weight excluding hydrogens is 246 g/mol. The lowest BCUT2D eigenvalue weighted by Crippen LogP contribution is -2.52. The topological polar surface area (TPSA) is 29.1 Å². The molecule has 0 bridgehead atoms. The van der Waals surface area contributed by atoms with Gasteiger partial charge in [0.15, 0.2) is 0 Å². The van der Waals surface area contributed by atoms with Gasteiger partial charge < -0.3 is 5.32 Å². The van der Waals surface area contributed by atoms with Gasteiger partial charge in [0.2, 0.25) is 5.91 Å². The van der Waals surface area contributed by atoms with Crippen molar-refractivity contribution >= 4 is 17.5 Å². The van der Waals surface area contributed by atoms with Crippen molar-refractivity contribution in [3.63, 3.8) is 0 Å². The average molecular weight is 270 g/mol. The Morgan fingerprint density at radius 1 is 1.06 bits per heavy atom. The van der Waals surface area contributed by atoms with Gasteiger partial charge >= 0.3 is 0 Å². The molecule has 0 aliphatic heterocycles.